The first-order valence-electron chi connectivity index (χ1n) is 7.54. The van der Waals surface area contributed by atoms with Gasteiger partial charge in [0.1, 0.15) is 11.6 Å². The Hall–Kier alpha value is -1.71. The third-order valence-electron chi connectivity index (χ3n) is 4.53. The van der Waals surface area contributed by atoms with Crippen LogP contribution in [0, 0.1) is 17.6 Å². The van der Waals surface area contributed by atoms with Crippen LogP contribution in [0.25, 0.3) is 0 Å². The van der Waals surface area contributed by atoms with Gasteiger partial charge in [0.2, 0.25) is 5.91 Å². The molecule has 2 aliphatic rings. The Morgan fingerprint density at radius 3 is 2.57 bits per heavy atom. The average molecular weight is 291 g/mol. The summed E-state index contributed by atoms with van der Waals surface area (Å²) >= 11 is 0. The van der Waals surface area contributed by atoms with Crippen LogP contribution in [0.4, 0.5) is 8.78 Å². The fourth-order valence-corrected chi connectivity index (χ4v) is 3.37. The van der Waals surface area contributed by atoms with Crippen LogP contribution < -0.4 is 0 Å². The van der Waals surface area contributed by atoms with Crippen LogP contribution in [-0.2, 0) is 4.79 Å². The van der Waals surface area contributed by atoms with Gasteiger partial charge in [-0.15, -0.1) is 0 Å². The molecule has 0 radical (unpaired) electrons. The van der Waals surface area contributed by atoms with Gasteiger partial charge in [0.25, 0.3) is 0 Å². The van der Waals surface area contributed by atoms with E-state index in [9.17, 15) is 13.6 Å². The Morgan fingerprint density at radius 2 is 1.90 bits per heavy atom. The Bertz CT molecular complexity index is 550. The number of allylic oxidation sites excluding steroid dienone is 2. The molecule has 3 rings (SSSR count). The fourth-order valence-electron chi connectivity index (χ4n) is 3.37. The number of nitrogens with zero attached hydrogens (tertiary/aromatic N) is 1. The Morgan fingerprint density at radius 1 is 1.14 bits per heavy atom. The molecule has 0 N–H and O–H groups in total. The molecule has 0 saturated carbocycles. The lowest BCUT2D eigenvalue weighted by atomic mass is 9.93. The molecule has 1 saturated heterocycles. The lowest BCUT2D eigenvalue weighted by Crippen LogP contribution is -2.34. The number of hydrogen-bond acceptors (Lipinski definition) is 1. The topological polar surface area (TPSA) is 20.3 Å². The zero-order valence-corrected chi connectivity index (χ0v) is 11.9. The van der Waals surface area contributed by atoms with E-state index in [1.165, 1.54) is 18.2 Å². The van der Waals surface area contributed by atoms with Crippen LogP contribution in [0.1, 0.15) is 37.2 Å². The highest BCUT2D eigenvalue weighted by Gasteiger charge is 2.33. The van der Waals surface area contributed by atoms with Crippen molar-refractivity contribution in [3.05, 3.63) is 47.5 Å². The number of hydrogen-bond donors (Lipinski definition) is 0. The van der Waals surface area contributed by atoms with Crippen molar-refractivity contribution in [2.24, 2.45) is 5.92 Å². The SMILES string of the molecule is O=C([C@H]1CC=CCC1)N1CC[C@@H](c2c(F)cccc2F)C1. The fraction of sp³-hybridized carbons (Fsp3) is 0.471. The summed E-state index contributed by atoms with van der Waals surface area (Å²) in [5.74, 6) is -1.06. The van der Waals surface area contributed by atoms with E-state index < -0.39 is 11.6 Å². The minimum absolute atomic E-state index is 0.0409. The third kappa shape index (κ3) is 2.85. The van der Waals surface area contributed by atoms with Crippen molar-refractivity contribution in [1.82, 2.24) is 4.90 Å². The largest absolute Gasteiger partial charge is 0.342 e. The summed E-state index contributed by atoms with van der Waals surface area (Å²) < 4.78 is 27.7. The molecule has 0 unspecified atom stereocenters. The molecule has 2 nitrogen and oxygen atoms in total. The minimum atomic E-state index is -0.505. The van der Waals surface area contributed by atoms with Crippen molar-refractivity contribution >= 4 is 5.91 Å². The van der Waals surface area contributed by atoms with Crippen molar-refractivity contribution in [3.63, 3.8) is 0 Å². The molecule has 21 heavy (non-hydrogen) atoms. The highest BCUT2D eigenvalue weighted by atomic mass is 19.1. The van der Waals surface area contributed by atoms with Gasteiger partial charge >= 0.3 is 0 Å². The van der Waals surface area contributed by atoms with E-state index >= 15 is 0 Å². The van der Waals surface area contributed by atoms with E-state index in [0.717, 1.165) is 19.3 Å². The van der Waals surface area contributed by atoms with Gasteiger partial charge in [-0.05, 0) is 37.8 Å². The van der Waals surface area contributed by atoms with Gasteiger partial charge in [0.05, 0.1) is 0 Å². The molecule has 0 aromatic heterocycles. The van der Waals surface area contributed by atoms with E-state index in [1.807, 2.05) is 0 Å². The maximum absolute atomic E-state index is 13.8. The molecule has 1 aliphatic heterocycles. The molecule has 0 spiro atoms. The summed E-state index contributed by atoms with van der Waals surface area (Å²) in [7, 11) is 0. The van der Waals surface area contributed by atoms with Crippen LogP contribution in [0.2, 0.25) is 0 Å². The van der Waals surface area contributed by atoms with Crippen LogP contribution >= 0.6 is 0 Å². The van der Waals surface area contributed by atoms with Crippen molar-refractivity contribution in [1.29, 1.82) is 0 Å². The quantitative estimate of drug-likeness (QED) is 0.762. The van der Waals surface area contributed by atoms with Gasteiger partial charge in [-0.1, -0.05) is 18.2 Å². The van der Waals surface area contributed by atoms with Crippen LogP contribution in [0.5, 0.6) is 0 Å². The molecular formula is C17H19F2NO. The molecule has 0 bridgehead atoms. The van der Waals surface area contributed by atoms with E-state index in [0.29, 0.717) is 19.5 Å². The van der Waals surface area contributed by atoms with Gasteiger partial charge in [0, 0.05) is 30.5 Å². The van der Waals surface area contributed by atoms with Crippen molar-refractivity contribution in [3.8, 4) is 0 Å². The van der Waals surface area contributed by atoms with Gasteiger partial charge < -0.3 is 4.90 Å². The monoisotopic (exact) mass is 291 g/mol. The summed E-state index contributed by atoms with van der Waals surface area (Å²) in [6.45, 7) is 1.02. The second kappa shape index (κ2) is 5.96. The van der Waals surface area contributed by atoms with E-state index in [-0.39, 0.29) is 23.3 Å². The molecule has 112 valence electrons. The summed E-state index contributed by atoms with van der Waals surface area (Å²) in [5.41, 5.74) is 0.135. The van der Waals surface area contributed by atoms with Gasteiger partial charge in [-0.2, -0.15) is 0 Å². The van der Waals surface area contributed by atoms with E-state index in [4.69, 9.17) is 0 Å². The van der Waals surface area contributed by atoms with Crippen molar-refractivity contribution in [2.45, 2.75) is 31.6 Å². The third-order valence-corrected chi connectivity index (χ3v) is 4.53. The zero-order chi connectivity index (χ0) is 14.8. The second-order valence-corrected chi connectivity index (χ2v) is 5.89. The maximum atomic E-state index is 13.8. The second-order valence-electron chi connectivity index (χ2n) is 5.89. The predicted octanol–water partition coefficient (Wildman–Crippen LogP) is 3.64. The van der Waals surface area contributed by atoms with Crippen molar-refractivity contribution < 1.29 is 13.6 Å². The molecule has 1 heterocycles. The summed E-state index contributed by atoms with van der Waals surface area (Å²) in [4.78, 5) is 14.2. The van der Waals surface area contributed by atoms with Gasteiger partial charge in [0.15, 0.2) is 0 Å². The van der Waals surface area contributed by atoms with Gasteiger partial charge in [-0.3, -0.25) is 4.79 Å². The molecule has 1 amide bonds. The molecule has 2 atom stereocenters. The van der Waals surface area contributed by atoms with Crippen LogP contribution in [0.15, 0.2) is 30.4 Å². The summed E-state index contributed by atoms with van der Waals surface area (Å²) in [6, 6.07) is 3.95. The smallest absolute Gasteiger partial charge is 0.226 e. The Labute approximate surface area is 123 Å². The molecule has 1 fully saturated rings. The zero-order valence-electron chi connectivity index (χ0n) is 11.9. The van der Waals surface area contributed by atoms with Gasteiger partial charge in [-0.25, -0.2) is 8.78 Å². The van der Waals surface area contributed by atoms with Crippen LogP contribution in [0.3, 0.4) is 0 Å². The lowest BCUT2D eigenvalue weighted by Gasteiger charge is -2.24. The molecule has 1 aromatic carbocycles. The average Bonchev–Trinajstić information content (AvgIpc) is 2.97. The Kier molecular flexibility index (Phi) is 4.04. The first kappa shape index (κ1) is 14.2. The predicted molar refractivity (Wildman–Crippen MR) is 76.8 cm³/mol. The number of halogens is 2. The first-order valence-corrected chi connectivity index (χ1v) is 7.54. The number of carbonyl (C=O) groups is 1. The summed E-state index contributed by atoms with van der Waals surface area (Å²) in [6.07, 6.45) is 7.39. The first-order chi connectivity index (χ1) is 10.2. The highest BCUT2D eigenvalue weighted by molar-refractivity contribution is 5.79. The number of likely N-dealkylation sites (tertiary alicyclic amines) is 1. The van der Waals surface area contributed by atoms with E-state index in [1.54, 1.807) is 4.90 Å². The Balaban J connectivity index is 1.70. The molecular weight excluding hydrogens is 272 g/mol. The standard InChI is InChI=1S/C17H19F2NO/c18-14-7-4-8-15(19)16(14)13-9-10-20(11-13)17(21)12-5-2-1-3-6-12/h1-2,4,7-8,12-13H,3,5-6,9-11H2/t12-,13+/m0/s1. The van der Waals surface area contributed by atoms with Crippen LogP contribution in [-0.4, -0.2) is 23.9 Å². The van der Waals surface area contributed by atoms with Crippen molar-refractivity contribution in [2.75, 3.05) is 13.1 Å². The molecule has 1 aliphatic carbocycles. The van der Waals surface area contributed by atoms with E-state index in [2.05, 4.69) is 12.2 Å². The maximum Gasteiger partial charge on any atom is 0.226 e. The molecule has 4 heteroatoms. The normalized spacial score (nSPS) is 25.3. The minimum Gasteiger partial charge on any atom is -0.342 e. The summed E-state index contributed by atoms with van der Waals surface area (Å²) in [5, 5.41) is 0. The number of amides is 1. The number of benzene rings is 1. The molecule has 1 aromatic rings. The number of carbonyl (C=O) groups excluding carboxylic acids is 1. The highest BCUT2D eigenvalue weighted by Crippen LogP contribution is 2.32. The number of rotatable bonds is 2. The lowest BCUT2D eigenvalue weighted by molar-refractivity contribution is -0.134.